The predicted octanol–water partition coefficient (Wildman–Crippen LogP) is 1.21. The molecular formula is C20H20N4O4. The van der Waals surface area contributed by atoms with E-state index in [1.807, 2.05) is 30.3 Å². The summed E-state index contributed by atoms with van der Waals surface area (Å²) < 4.78 is 7.01. The van der Waals surface area contributed by atoms with Crippen LogP contribution in [-0.4, -0.2) is 39.3 Å². The van der Waals surface area contributed by atoms with Gasteiger partial charge in [0, 0.05) is 20.6 Å². The van der Waals surface area contributed by atoms with Crippen molar-refractivity contribution in [3.8, 4) is 11.4 Å². The molecule has 3 rings (SSSR count). The zero-order chi connectivity index (χ0) is 20.3. The van der Waals surface area contributed by atoms with Gasteiger partial charge >= 0.3 is 5.69 Å². The van der Waals surface area contributed by atoms with Crippen LogP contribution in [0.5, 0.6) is 5.75 Å². The Hall–Kier alpha value is -3.68. The normalized spacial score (nSPS) is 10.5. The molecule has 8 heteroatoms. The minimum Gasteiger partial charge on any atom is -0.497 e. The molecule has 28 heavy (non-hydrogen) atoms. The van der Waals surface area contributed by atoms with Crippen LogP contribution in [-0.2, 0) is 13.6 Å². The van der Waals surface area contributed by atoms with Gasteiger partial charge in [-0.05, 0) is 29.8 Å². The fourth-order valence-electron chi connectivity index (χ4n) is 2.71. The van der Waals surface area contributed by atoms with Crippen LogP contribution in [0.3, 0.4) is 0 Å². The van der Waals surface area contributed by atoms with E-state index in [-0.39, 0.29) is 5.69 Å². The maximum absolute atomic E-state index is 12.8. The zero-order valence-corrected chi connectivity index (χ0v) is 15.8. The monoisotopic (exact) mass is 380 g/mol. The van der Waals surface area contributed by atoms with E-state index in [1.54, 1.807) is 31.3 Å². The Morgan fingerprint density at radius 2 is 1.71 bits per heavy atom. The lowest BCUT2D eigenvalue weighted by molar-refractivity contribution is 0.0774. The van der Waals surface area contributed by atoms with Crippen molar-refractivity contribution in [1.29, 1.82) is 0 Å². The largest absolute Gasteiger partial charge is 0.497 e. The van der Waals surface area contributed by atoms with Gasteiger partial charge in [-0.3, -0.25) is 14.2 Å². The SMILES string of the molecule is COc1ccc(-n2nc(C(=O)N(C)Cc3ccccc3)c(=O)n(C)c2=O)cc1. The maximum atomic E-state index is 12.8. The fraction of sp³-hybridized carbons (Fsp3) is 0.200. The molecule has 0 atom stereocenters. The van der Waals surface area contributed by atoms with Gasteiger partial charge in [-0.2, -0.15) is 9.78 Å². The van der Waals surface area contributed by atoms with Gasteiger partial charge in [0.2, 0.25) is 5.69 Å². The van der Waals surface area contributed by atoms with Crippen molar-refractivity contribution in [3.05, 3.63) is 86.7 Å². The number of carbonyl (C=O) groups is 1. The summed E-state index contributed by atoms with van der Waals surface area (Å²) in [6, 6.07) is 16.0. The Morgan fingerprint density at radius 1 is 1.07 bits per heavy atom. The molecule has 0 aliphatic carbocycles. The second-order valence-electron chi connectivity index (χ2n) is 6.25. The summed E-state index contributed by atoms with van der Waals surface area (Å²) in [6.07, 6.45) is 0. The van der Waals surface area contributed by atoms with Crippen LogP contribution >= 0.6 is 0 Å². The third-order valence-electron chi connectivity index (χ3n) is 4.30. The molecule has 0 unspecified atom stereocenters. The maximum Gasteiger partial charge on any atom is 0.351 e. The molecule has 144 valence electrons. The molecule has 0 N–H and O–H groups in total. The van der Waals surface area contributed by atoms with Crippen LogP contribution in [0.15, 0.2) is 64.2 Å². The Bertz CT molecular complexity index is 1100. The number of amides is 1. The molecule has 0 fully saturated rings. The van der Waals surface area contributed by atoms with Gasteiger partial charge in [-0.15, -0.1) is 0 Å². The third-order valence-corrected chi connectivity index (χ3v) is 4.30. The minimum atomic E-state index is -0.736. The second kappa shape index (κ2) is 7.91. The lowest BCUT2D eigenvalue weighted by Crippen LogP contribution is -2.44. The van der Waals surface area contributed by atoms with E-state index < -0.39 is 17.2 Å². The lowest BCUT2D eigenvalue weighted by Gasteiger charge is -2.17. The highest BCUT2D eigenvalue weighted by molar-refractivity contribution is 5.91. The second-order valence-corrected chi connectivity index (χ2v) is 6.25. The van der Waals surface area contributed by atoms with E-state index in [9.17, 15) is 14.4 Å². The first-order valence-corrected chi connectivity index (χ1v) is 8.56. The van der Waals surface area contributed by atoms with Gasteiger partial charge in [0.1, 0.15) is 5.75 Å². The molecule has 0 aliphatic rings. The molecule has 1 heterocycles. The molecule has 3 aromatic rings. The smallest absolute Gasteiger partial charge is 0.351 e. The fourth-order valence-corrected chi connectivity index (χ4v) is 2.71. The summed E-state index contributed by atoms with van der Waals surface area (Å²) in [5, 5.41) is 4.06. The van der Waals surface area contributed by atoms with Gasteiger partial charge in [0.15, 0.2) is 0 Å². The van der Waals surface area contributed by atoms with Crippen molar-refractivity contribution >= 4 is 5.91 Å². The molecule has 0 spiro atoms. The Morgan fingerprint density at radius 3 is 2.32 bits per heavy atom. The Labute approximate surface area is 161 Å². The molecule has 0 saturated heterocycles. The molecule has 0 saturated carbocycles. The topological polar surface area (TPSA) is 86.4 Å². The molecule has 8 nitrogen and oxygen atoms in total. The van der Waals surface area contributed by atoms with E-state index >= 15 is 0 Å². The highest BCUT2D eigenvalue weighted by Gasteiger charge is 2.22. The first-order valence-electron chi connectivity index (χ1n) is 8.56. The molecule has 2 aromatic carbocycles. The van der Waals surface area contributed by atoms with Crippen molar-refractivity contribution in [1.82, 2.24) is 19.2 Å². The highest BCUT2D eigenvalue weighted by atomic mass is 16.5. The molecule has 1 aromatic heterocycles. The zero-order valence-electron chi connectivity index (χ0n) is 15.8. The summed E-state index contributed by atoms with van der Waals surface area (Å²) >= 11 is 0. The standard InChI is InChI=1S/C20H20N4O4/c1-22(13-14-7-5-4-6-8-14)18(25)17-19(26)23(2)20(27)24(21-17)15-9-11-16(28-3)12-10-15/h4-12H,13H2,1-3H3. The first-order chi connectivity index (χ1) is 13.4. The van der Waals surface area contributed by atoms with Crippen molar-refractivity contribution in [3.63, 3.8) is 0 Å². The predicted molar refractivity (Wildman–Crippen MR) is 104 cm³/mol. The Kier molecular flexibility index (Phi) is 5.39. The van der Waals surface area contributed by atoms with Crippen molar-refractivity contribution < 1.29 is 9.53 Å². The van der Waals surface area contributed by atoms with E-state index in [0.717, 1.165) is 14.8 Å². The number of methoxy groups -OCH3 is 1. The molecule has 0 bridgehead atoms. The minimum absolute atomic E-state index is 0.312. The van der Waals surface area contributed by atoms with E-state index in [1.165, 1.54) is 19.1 Å². The summed E-state index contributed by atoms with van der Waals surface area (Å²) in [6.45, 7) is 0.312. The summed E-state index contributed by atoms with van der Waals surface area (Å²) in [7, 11) is 4.44. The van der Waals surface area contributed by atoms with Crippen molar-refractivity contribution in [2.75, 3.05) is 14.2 Å². The van der Waals surface area contributed by atoms with Crippen molar-refractivity contribution in [2.45, 2.75) is 6.54 Å². The van der Waals surface area contributed by atoms with E-state index in [4.69, 9.17) is 4.74 Å². The van der Waals surface area contributed by atoms with Crippen molar-refractivity contribution in [2.24, 2.45) is 7.05 Å². The Balaban J connectivity index is 2.00. The van der Waals surface area contributed by atoms with Crippen LogP contribution < -0.4 is 16.0 Å². The number of nitrogens with zero attached hydrogens (tertiary/aromatic N) is 4. The van der Waals surface area contributed by atoms with Gasteiger partial charge in [0.05, 0.1) is 12.8 Å². The summed E-state index contributed by atoms with van der Waals surface area (Å²) in [4.78, 5) is 39.2. The quantitative estimate of drug-likeness (QED) is 0.664. The lowest BCUT2D eigenvalue weighted by atomic mass is 10.2. The van der Waals surface area contributed by atoms with Crippen LogP contribution in [0, 0.1) is 0 Å². The number of rotatable bonds is 5. The third kappa shape index (κ3) is 3.71. The average Bonchev–Trinajstić information content (AvgIpc) is 2.72. The number of ether oxygens (including phenoxy) is 1. The number of aromatic nitrogens is 3. The van der Waals surface area contributed by atoms with Gasteiger partial charge in [0.25, 0.3) is 11.5 Å². The van der Waals surface area contributed by atoms with Gasteiger partial charge in [-0.1, -0.05) is 30.3 Å². The average molecular weight is 380 g/mol. The first kappa shape index (κ1) is 19.1. The summed E-state index contributed by atoms with van der Waals surface area (Å²) in [5.41, 5.74) is -0.367. The van der Waals surface area contributed by atoms with Crippen LogP contribution in [0.4, 0.5) is 0 Å². The van der Waals surface area contributed by atoms with Crippen LogP contribution in [0.1, 0.15) is 16.1 Å². The number of hydrogen-bond donors (Lipinski definition) is 0. The molecule has 0 radical (unpaired) electrons. The number of carbonyl (C=O) groups excluding carboxylic acids is 1. The number of benzene rings is 2. The molecule has 1 amide bonds. The highest BCUT2D eigenvalue weighted by Crippen LogP contribution is 2.13. The van der Waals surface area contributed by atoms with Crippen LogP contribution in [0.25, 0.3) is 5.69 Å². The molecular weight excluding hydrogens is 360 g/mol. The summed E-state index contributed by atoms with van der Waals surface area (Å²) in [5.74, 6) is 0.0484. The van der Waals surface area contributed by atoms with Gasteiger partial charge in [-0.25, -0.2) is 4.79 Å². The van der Waals surface area contributed by atoms with E-state index in [0.29, 0.717) is 18.0 Å². The number of hydrogen-bond acceptors (Lipinski definition) is 5. The van der Waals surface area contributed by atoms with Gasteiger partial charge < -0.3 is 9.64 Å². The van der Waals surface area contributed by atoms with E-state index in [2.05, 4.69) is 5.10 Å². The van der Waals surface area contributed by atoms with Crippen LogP contribution in [0.2, 0.25) is 0 Å². The molecule has 0 aliphatic heterocycles.